The average Bonchev–Trinajstić information content (AvgIpc) is 3.08. The van der Waals surface area contributed by atoms with Crippen molar-refractivity contribution in [3.63, 3.8) is 0 Å². The molecule has 132 valence electrons. The first-order valence-corrected chi connectivity index (χ1v) is 8.16. The van der Waals surface area contributed by atoms with E-state index in [9.17, 15) is 18.4 Å². The summed E-state index contributed by atoms with van der Waals surface area (Å²) in [5, 5.41) is 0. The first-order chi connectivity index (χ1) is 11.9. The van der Waals surface area contributed by atoms with E-state index in [1.54, 1.807) is 14.0 Å². The second kappa shape index (κ2) is 6.74. The van der Waals surface area contributed by atoms with Crippen LogP contribution < -0.4 is 5.56 Å². The number of nitrogens with zero attached hydrogens (tertiary/aromatic N) is 3. The minimum atomic E-state index is -0.954. The van der Waals surface area contributed by atoms with Crippen LogP contribution in [0.1, 0.15) is 36.2 Å². The molecule has 1 unspecified atom stereocenters. The lowest BCUT2D eigenvalue weighted by Gasteiger charge is -2.25. The van der Waals surface area contributed by atoms with Gasteiger partial charge >= 0.3 is 0 Å². The molecule has 25 heavy (non-hydrogen) atoms. The topological polar surface area (TPSA) is 55.2 Å². The first kappa shape index (κ1) is 17.3. The molecule has 1 aliphatic rings. The van der Waals surface area contributed by atoms with Crippen molar-refractivity contribution in [3.8, 4) is 0 Å². The summed E-state index contributed by atoms with van der Waals surface area (Å²) in [6, 6.07) is 3.10. The third-order valence-electron chi connectivity index (χ3n) is 4.77. The highest BCUT2D eigenvalue weighted by molar-refractivity contribution is 5.76. The number of halogens is 2. The summed E-state index contributed by atoms with van der Waals surface area (Å²) in [5.74, 6) is -2.19. The second-order valence-corrected chi connectivity index (χ2v) is 6.31. The molecule has 1 aliphatic carbocycles. The highest BCUT2D eigenvalue weighted by atomic mass is 19.2. The number of likely N-dealkylation sites (N-methyl/N-ethyl adjacent to an activating group) is 1. The van der Waals surface area contributed by atoms with Crippen molar-refractivity contribution < 1.29 is 13.6 Å². The molecule has 0 N–H and O–H groups in total. The molecule has 1 atom stereocenters. The van der Waals surface area contributed by atoms with Gasteiger partial charge in [-0.05, 0) is 43.9 Å². The SMILES string of the molecule is CC(c1ccc(F)c(F)c1)N(C)C(=O)Cn1cnc2c(c1=O)CCC2. The predicted molar refractivity (Wildman–Crippen MR) is 88.1 cm³/mol. The zero-order chi connectivity index (χ0) is 18.1. The van der Waals surface area contributed by atoms with Crippen molar-refractivity contribution in [1.82, 2.24) is 14.5 Å². The number of aryl methyl sites for hydroxylation is 1. The molecular formula is C18H19F2N3O2. The van der Waals surface area contributed by atoms with Crippen LogP contribution in [0, 0.1) is 11.6 Å². The monoisotopic (exact) mass is 347 g/mol. The van der Waals surface area contributed by atoms with Crippen LogP contribution in [-0.4, -0.2) is 27.4 Å². The molecule has 1 amide bonds. The maximum absolute atomic E-state index is 13.4. The Labute approximate surface area is 143 Å². The van der Waals surface area contributed by atoms with E-state index in [4.69, 9.17) is 0 Å². The predicted octanol–water partition coefficient (Wildman–Crippen LogP) is 2.23. The molecule has 0 aliphatic heterocycles. The van der Waals surface area contributed by atoms with E-state index in [0.29, 0.717) is 17.5 Å². The number of carbonyl (C=O) groups is 1. The van der Waals surface area contributed by atoms with Gasteiger partial charge in [-0.1, -0.05) is 6.07 Å². The maximum Gasteiger partial charge on any atom is 0.257 e. The molecular weight excluding hydrogens is 328 g/mol. The van der Waals surface area contributed by atoms with Gasteiger partial charge < -0.3 is 4.90 Å². The molecule has 0 spiro atoms. The quantitative estimate of drug-likeness (QED) is 0.852. The fraction of sp³-hybridized carbons (Fsp3) is 0.389. The summed E-state index contributed by atoms with van der Waals surface area (Å²) in [4.78, 5) is 30.6. The van der Waals surface area contributed by atoms with Crippen molar-refractivity contribution in [2.24, 2.45) is 0 Å². The fourth-order valence-electron chi connectivity index (χ4n) is 3.05. The molecule has 0 bridgehead atoms. The molecule has 3 rings (SSSR count). The Morgan fingerprint density at radius 2 is 2.08 bits per heavy atom. The van der Waals surface area contributed by atoms with E-state index in [2.05, 4.69) is 4.98 Å². The van der Waals surface area contributed by atoms with Crippen LogP contribution in [0.15, 0.2) is 29.3 Å². The van der Waals surface area contributed by atoms with Gasteiger partial charge in [0.15, 0.2) is 11.6 Å². The van der Waals surface area contributed by atoms with Gasteiger partial charge in [0.1, 0.15) is 6.54 Å². The van der Waals surface area contributed by atoms with Gasteiger partial charge in [0, 0.05) is 12.6 Å². The lowest BCUT2D eigenvalue weighted by Crippen LogP contribution is -2.36. The number of hydrogen-bond acceptors (Lipinski definition) is 3. The van der Waals surface area contributed by atoms with E-state index in [0.717, 1.165) is 30.7 Å². The standard InChI is InChI=1S/C18H19F2N3O2/c1-11(12-6-7-14(19)15(20)8-12)22(2)17(24)9-23-10-21-16-5-3-4-13(16)18(23)25/h6-8,10-11H,3-5,9H2,1-2H3. The normalized spacial score (nSPS) is 14.2. The minimum absolute atomic E-state index is 0.135. The molecule has 1 aromatic heterocycles. The van der Waals surface area contributed by atoms with E-state index in [1.807, 2.05) is 0 Å². The van der Waals surface area contributed by atoms with Crippen molar-refractivity contribution >= 4 is 5.91 Å². The van der Waals surface area contributed by atoms with Crippen LogP contribution in [0.5, 0.6) is 0 Å². The molecule has 0 fully saturated rings. The molecule has 5 nitrogen and oxygen atoms in total. The van der Waals surface area contributed by atoms with Crippen molar-refractivity contribution in [3.05, 3.63) is 63.3 Å². The second-order valence-electron chi connectivity index (χ2n) is 6.31. The number of hydrogen-bond donors (Lipinski definition) is 0. The van der Waals surface area contributed by atoms with E-state index in [1.165, 1.54) is 21.9 Å². The number of fused-ring (bicyclic) bond motifs is 1. The molecule has 0 radical (unpaired) electrons. The van der Waals surface area contributed by atoms with Crippen LogP contribution in [0.25, 0.3) is 0 Å². The molecule has 0 saturated heterocycles. The summed E-state index contributed by atoms with van der Waals surface area (Å²) in [6.07, 6.45) is 3.80. The van der Waals surface area contributed by atoms with Crippen molar-refractivity contribution in [2.45, 2.75) is 38.8 Å². The Balaban J connectivity index is 1.76. The third kappa shape index (κ3) is 3.31. The third-order valence-corrected chi connectivity index (χ3v) is 4.77. The molecule has 2 aromatic rings. The van der Waals surface area contributed by atoms with E-state index < -0.39 is 17.7 Å². The van der Waals surface area contributed by atoms with E-state index in [-0.39, 0.29) is 18.0 Å². The maximum atomic E-state index is 13.4. The Hall–Kier alpha value is -2.57. The highest BCUT2D eigenvalue weighted by Crippen LogP contribution is 2.21. The molecule has 1 aromatic carbocycles. The Morgan fingerprint density at radius 1 is 1.32 bits per heavy atom. The highest BCUT2D eigenvalue weighted by Gasteiger charge is 2.22. The van der Waals surface area contributed by atoms with Crippen molar-refractivity contribution in [2.75, 3.05) is 7.05 Å². The Morgan fingerprint density at radius 3 is 2.80 bits per heavy atom. The summed E-state index contributed by atoms with van der Waals surface area (Å²) in [6.45, 7) is 1.58. The number of benzene rings is 1. The Bertz CT molecular complexity index is 879. The molecule has 1 heterocycles. The zero-order valence-electron chi connectivity index (χ0n) is 14.1. The van der Waals surface area contributed by atoms with E-state index >= 15 is 0 Å². The number of carbonyl (C=O) groups excluding carboxylic acids is 1. The van der Waals surface area contributed by atoms with Gasteiger partial charge in [0.05, 0.1) is 18.1 Å². The average molecular weight is 347 g/mol. The van der Waals surface area contributed by atoms with Crippen LogP contribution in [-0.2, 0) is 24.2 Å². The largest absolute Gasteiger partial charge is 0.337 e. The number of amides is 1. The summed E-state index contributed by atoms with van der Waals surface area (Å²) >= 11 is 0. The minimum Gasteiger partial charge on any atom is -0.337 e. The first-order valence-electron chi connectivity index (χ1n) is 8.16. The summed E-state index contributed by atoms with van der Waals surface area (Å²) < 4.78 is 27.8. The lowest BCUT2D eigenvalue weighted by molar-refractivity contribution is -0.132. The van der Waals surface area contributed by atoms with Crippen molar-refractivity contribution in [1.29, 1.82) is 0 Å². The number of rotatable bonds is 4. The number of aromatic nitrogens is 2. The lowest BCUT2D eigenvalue weighted by atomic mass is 10.1. The smallest absolute Gasteiger partial charge is 0.257 e. The molecule has 0 saturated carbocycles. The summed E-state index contributed by atoms with van der Waals surface area (Å²) in [5.41, 5.74) is 1.81. The molecule has 7 heteroatoms. The summed E-state index contributed by atoms with van der Waals surface area (Å²) in [7, 11) is 1.57. The van der Waals surface area contributed by atoms with Crippen LogP contribution >= 0.6 is 0 Å². The van der Waals surface area contributed by atoms with Crippen LogP contribution in [0.3, 0.4) is 0 Å². The van der Waals surface area contributed by atoms with Gasteiger partial charge in [-0.3, -0.25) is 14.2 Å². The van der Waals surface area contributed by atoms with Gasteiger partial charge in [-0.15, -0.1) is 0 Å². The fourth-order valence-corrected chi connectivity index (χ4v) is 3.05. The van der Waals surface area contributed by atoms with Crippen LogP contribution in [0.4, 0.5) is 8.78 Å². The van der Waals surface area contributed by atoms with Gasteiger partial charge in [-0.25, -0.2) is 13.8 Å². The van der Waals surface area contributed by atoms with Gasteiger partial charge in [0.2, 0.25) is 5.91 Å². The zero-order valence-corrected chi connectivity index (χ0v) is 14.1. The van der Waals surface area contributed by atoms with Gasteiger partial charge in [0.25, 0.3) is 5.56 Å². The Kier molecular flexibility index (Phi) is 4.65. The van der Waals surface area contributed by atoms with Crippen LogP contribution in [0.2, 0.25) is 0 Å². The van der Waals surface area contributed by atoms with Gasteiger partial charge in [-0.2, -0.15) is 0 Å².